The van der Waals surface area contributed by atoms with Crippen LogP contribution in [-0.4, -0.2) is 41.8 Å². The summed E-state index contributed by atoms with van der Waals surface area (Å²) in [6.07, 6.45) is 3.51. The fourth-order valence-corrected chi connectivity index (χ4v) is 4.26. The maximum atomic E-state index is 12.5. The van der Waals surface area contributed by atoms with Crippen LogP contribution in [0.5, 0.6) is 0 Å². The van der Waals surface area contributed by atoms with Gasteiger partial charge in [-0.05, 0) is 43.8 Å². The number of esters is 1. The summed E-state index contributed by atoms with van der Waals surface area (Å²) in [5, 5.41) is 0. The Labute approximate surface area is 117 Å². The van der Waals surface area contributed by atoms with Gasteiger partial charge in [0.1, 0.15) is 5.92 Å². The van der Waals surface area contributed by atoms with E-state index in [2.05, 4.69) is 0 Å². The molecule has 5 nitrogen and oxygen atoms in total. The molecule has 1 spiro atoms. The Kier molecular flexibility index (Phi) is 2.96. The molecule has 0 radical (unpaired) electrons. The number of carbonyl (C=O) groups is 3. The van der Waals surface area contributed by atoms with E-state index in [1.54, 1.807) is 11.8 Å². The first-order valence-corrected chi connectivity index (χ1v) is 7.16. The Morgan fingerprint density at radius 1 is 1.30 bits per heavy atom. The minimum absolute atomic E-state index is 0.0638. The van der Waals surface area contributed by atoms with Crippen LogP contribution in [-0.2, 0) is 19.1 Å². The van der Waals surface area contributed by atoms with Crippen LogP contribution in [0.25, 0.3) is 0 Å². The van der Waals surface area contributed by atoms with E-state index in [-0.39, 0.29) is 11.7 Å². The molecule has 108 valence electrons. The second kappa shape index (κ2) is 4.43. The van der Waals surface area contributed by atoms with E-state index in [0.29, 0.717) is 25.0 Å². The van der Waals surface area contributed by atoms with Crippen molar-refractivity contribution < 1.29 is 19.1 Å². The fourth-order valence-electron chi connectivity index (χ4n) is 4.26. The molecule has 2 atom stereocenters. The number of ketones is 1. The summed E-state index contributed by atoms with van der Waals surface area (Å²) in [5.41, 5.74) is 0.949. The molecule has 2 unspecified atom stereocenters. The highest BCUT2D eigenvalue weighted by molar-refractivity contribution is 6.13. The lowest BCUT2D eigenvalue weighted by atomic mass is 9.78. The first-order valence-electron chi connectivity index (χ1n) is 7.16. The average molecular weight is 277 g/mol. The third-order valence-corrected chi connectivity index (χ3v) is 5.06. The van der Waals surface area contributed by atoms with Crippen LogP contribution in [0.4, 0.5) is 0 Å². The standard InChI is InChI=1S/C15H19NO4/c1-9-10-5-3-6-11(17)16-8-4-7-15(10,16)12(13(9)18)14(19)20-2/h12H,3-8H2,1-2H3. The Morgan fingerprint density at radius 2 is 2.05 bits per heavy atom. The number of allylic oxidation sites excluding steroid dienone is 1. The molecule has 1 aliphatic carbocycles. The van der Waals surface area contributed by atoms with Crippen molar-refractivity contribution in [2.75, 3.05) is 13.7 Å². The van der Waals surface area contributed by atoms with Gasteiger partial charge in [-0.3, -0.25) is 14.4 Å². The molecule has 2 saturated heterocycles. The Morgan fingerprint density at radius 3 is 2.75 bits per heavy atom. The van der Waals surface area contributed by atoms with Gasteiger partial charge in [0.2, 0.25) is 5.91 Å². The first kappa shape index (κ1) is 13.3. The summed E-state index contributed by atoms with van der Waals surface area (Å²) < 4.78 is 4.86. The molecule has 0 aromatic carbocycles. The van der Waals surface area contributed by atoms with Gasteiger partial charge in [0.25, 0.3) is 0 Å². The van der Waals surface area contributed by atoms with E-state index in [1.807, 2.05) is 0 Å². The summed E-state index contributed by atoms with van der Waals surface area (Å²) in [5.74, 6) is -1.46. The zero-order chi connectivity index (χ0) is 14.5. The molecule has 3 aliphatic rings. The number of nitrogens with zero attached hydrogens (tertiary/aromatic N) is 1. The Hall–Kier alpha value is -1.65. The quantitative estimate of drug-likeness (QED) is 0.534. The number of Topliss-reactive ketones (excluding diaryl/α,β-unsaturated/α-hetero) is 1. The van der Waals surface area contributed by atoms with E-state index < -0.39 is 17.4 Å². The van der Waals surface area contributed by atoms with Crippen LogP contribution in [0.1, 0.15) is 39.0 Å². The number of ether oxygens (including phenoxy) is 1. The molecule has 3 rings (SSSR count). The van der Waals surface area contributed by atoms with Crippen molar-refractivity contribution in [3.05, 3.63) is 11.1 Å². The monoisotopic (exact) mass is 277 g/mol. The number of rotatable bonds is 1. The average Bonchev–Trinajstić information content (AvgIpc) is 2.90. The van der Waals surface area contributed by atoms with Crippen LogP contribution in [0.3, 0.4) is 0 Å². The molecule has 2 heterocycles. The summed E-state index contributed by atoms with van der Waals surface area (Å²) in [4.78, 5) is 38.8. The van der Waals surface area contributed by atoms with Crippen molar-refractivity contribution in [3.8, 4) is 0 Å². The predicted molar refractivity (Wildman–Crippen MR) is 70.7 cm³/mol. The van der Waals surface area contributed by atoms with Gasteiger partial charge >= 0.3 is 5.97 Å². The minimum atomic E-state index is -0.855. The van der Waals surface area contributed by atoms with Crippen molar-refractivity contribution in [1.29, 1.82) is 0 Å². The van der Waals surface area contributed by atoms with Gasteiger partial charge in [-0.25, -0.2) is 0 Å². The molecule has 2 fully saturated rings. The summed E-state index contributed by atoms with van der Waals surface area (Å²) >= 11 is 0. The van der Waals surface area contributed by atoms with E-state index >= 15 is 0 Å². The van der Waals surface area contributed by atoms with Crippen molar-refractivity contribution in [1.82, 2.24) is 4.90 Å². The molecular weight excluding hydrogens is 258 g/mol. The summed E-state index contributed by atoms with van der Waals surface area (Å²) in [7, 11) is 1.30. The van der Waals surface area contributed by atoms with Gasteiger partial charge in [0.15, 0.2) is 5.78 Å². The van der Waals surface area contributed by atoms with Crippen LogP contribution in [0, 0.1) is 5.92 Å². The SMILES string of the molecule is COC(=O)C1C(=O)C(C)=C2CCCC(=O)N3CCCC213. The molecule has 20 heavy (non-hydrogen) atoms. The molecule has 0 aromatic rings. The van der Waals surface area contributed by atoms with Gasteiger partial charge in [0.05, 0.1) is 12.6 Å². The van der Waals surface area contributed by atoms with Crippen LogP contribution >= 0.6 is 0 Å². The molecule has 0 saturated carbocycles. The highest BCUT2D eigenvalue weighted by Gasteiger charge is 2.62. The highest BCUT2D eigenvalue weighted by Crippen LogP contribution is 2.52. The molecule has 0 N–H and O–H groups in total. The van der Waals surface area contributed by atoms with Gasteiger partial charge < -0.3 is 9.64 Å². The normalized spacial score (nSPS) is 33.1. The topological polar surface area (TPSA) is 63.7 Å². The van der Waals surface area contributed by atoms with Crippen LogP contribution in [0.2, 0.25) is 0 Å². The van der Waals surface area contributed by atoms with E-state index in [0.717, 1.165) is 24.8 Å². The summed E-state index contributed by atoms with van der Waals surface area (Å²) in [6.45, 7) is 2.42. The number of hydrogen-bond donors (Lipinski definition) is 0. The lowest BCUT2D eigenvalue weighted by Crippen LogP contribution is -2.54. The van der Waals surface area contributed by atoms with Crippen molar-refractivity contribution in [3.63, 3.8) is 0 Å². The van der Waals surface area contributed by atoms with E-state index in [9.17, 15) is 14.4 Å². The molecule has 2 aliphatic heterocycles. The largest absolute Gasteiger partial charge is 0.468 e. The van der Waals surface area contributed by atoms with Crippen LogP contribution < -0.4 is 0 Å². The van der Waals surface area contributed by atoms with Crippen molar-refractivity contribution in [2.24, 2.45) is 5.92 Å². The third kappa shape index (κ3) is 1.46. The summed E-state index contributed by atoms with van der Waals surface area (Å²) in [6, 6.07) is 0. The van der Waals surface area contributed by atoms with Crippen molar-refractivity contribution in [2.45, 2.75) is 44.6 Å². The predicted octanol–water partition coefficient (Wildman–Crippen LogP) is 1.22. The minimum Gasteiger partial charge on any atom is -0.468 e. The lowest BCUT2D eigenvalue weighted by molar-refractivity contribution is -0.154. The molecule has 0 bridgehead atoms. The van der Waals surface area contributed by atoms with Gasteiger partial charge in [-0.15, -0.1) is 0 Å². The van der Waals surface area contributed by atoms with Crippen molar-refractivity contribution >= 4 is 17.7 Å². The molecule has 1 amide bonds. The maximum absolute atomic E-state index is 12.5. The van der Waals surface area contributed by atoms with Crippen LogP contribution in [0.15, 0.2) is 11.1 Å². The van der Waals surface area contributed by atoms with E-state index in [1.165, 1.54) is 7.11 Å². The number of hydrogen-bond acceptors (Lipinski definition) is 4. The molecule has 5 heteroatoms. The Balaban J connectivity index is 2.19. The second-order valence-corrected chi connectivity index (χ2v) is 5.85. The number of carbonyl (C=O) groups excluding carboxylic acids is 3. The lowest BCUT2D eigenvalue weighted by Gasteiger charge is -2.39. The smallest absolute Gasteiger partial charge is 0.319 e. The first-order chi connectivity index (χ1) is 9.54. The number of amides is 1. The fraction of sp³-hybridized carbons (Fsp3) is 0.667. The Bertz CT molecular complexity index is 536. The van der Waals surface area contributed by atoms with Gasteiger partial charge in [-0.1, -0.05) is 0 Å². The third-order valence-electron chi connectivity index (χ3n) is 5.06. The van der Waals surface area contributed by atoms with Gasteiger partial charge in [0, 0.05) is 13.0 Å². The molecule has 0 aromatic heterocycles. The zero-order valence-corrected chi connectivity index (χ0v) is 11.9. The zero-order valence-electron chi connectivity index (χ0n) is 11.9. The number of methoxy groups -OCH3 is 1. The second-order valence-electron chi connectivity index (χ2n) is 5.85. The molecular formula is C15H19NO4. The van der Waals surface area contributed by atoms with E-state index in [4.69, 9.17) is 4.74 Å². The maximum Gasteiger partial charge on any atom is 0.319 e. The van der Waals surface area contributed by atoms with Gasteiger partial charge in [-0.2, -0.15) is 0 Å². The highest BCUT2D eigenvalue weighted by atomic mass is 16.5.